The molecule has 4 N–H and O–H groups in total. The molecule has 1 unspecified atom stereocenters. The number of nitrogen functional groups attached to an aromatic ring is 1. The topological polar surface area (TPSA) is 93.3 Å². The van der Waals surface area contributed by atoms with Crippen molar-refractivity contribution >= 4 is 11.6 Å². The molecule has 0 spiro atoms. The Morgan fingerprint density at radius 3 is 2.78 bits per heavy atom. The molecule has 1 rings (SSSR count). The lowest BCUT2D eigenvalue weighted by Gasteiger charge is -2.15. The molecule has 1 aromatic rings. The Morgan fingerprint density at radius 1 is 1.44 bits per heavy atom. The van der Waals surface area contributed by atoms with E-state index in [0.717, 1.165) is 0 Å². The number of rotatable bonds is 7. The minimum atomic E-state index is -0.420. The number of anilines is 2. The lowest BCUT2D eigenvalue weighted by atomic mass is 10.1. The lowest BCUT2D eigenvalue weighted by molar-refractivity contribution is 0.128. The van der Waals surface area contributed by atoms with Gasteiger partial charge >= 0.3 is 0 Å². The number of nitrogens with one attached hydrogen (secondary N) is 1. The zero-order valence-electron chi connectivity index (χ0n) is 11.2. The number of nitrogens with zero attached hydrogens (tertiary/aromatic N) is 2. The van der Waals surface area contributed by atoms with Crippen LogP contribution < -0.4 is 11.1 Å². The molecule has 1 atom stereocenters. The number of hydrogen-bond donors (Lipinski definition) is 3. The van der Waals surface area contributed by atoms with Crippen molar-refractivity contribution in [2.45, 2.75) is 33.5 Å². The summed E-state index contributed by atoms with van der Waals surface area (Å²) in [7, 11) is 0. The molecule has 0 saturated carbocycles. The third-order valence-corrected chi connectivity index (χ3v) is 2.49. The Hall–Kier alpha value is -1.40. The van der Waals surface area contributed by atoms with Crippen LogP contribution in [0.15, 0.2) is 6.07 Å². The Balaban J connectivity index is 2.62. The van der Waals surface area contributed by atoms with E-state index >= 15 is 0 Å². The van der Waals surface area contributed by atoms with Gasteiger partial charge in [-0.25, -0.2) is 9.97 Å². The van der Waals surface area contributed by atoms with Crippen molar-refractivity contribution in [3.05, 3.63) is 11.9 Å². The monoisotopic (exact) mass is 254 g/mol. The van der Waals surface area contributed by atoms with Crippen molar-refractivity contribution in [1.29, 1.82) is 0 Å². The first-order valence-corrected chi connectivity index (χ1v) is 6.16. The molecule has 0 aliphatic carbocycles. The minimum absolute atomic E-state index is 0.194. The van der Waals surface area contributed by atoms with Gasteiger partial charge < -0.3 is 20.9 Å². The number of hydrogen-bond acceptors (Lipinski definition) is 6. The molecular weight excluding hydrogens is 232 g/mol. The first kappa shape index (κ1) is 14.7. The van der Waals surface area contributed by atoms with Crippen LogP contribution in [-0.4, -0.2) is 34.3 Å². The van der Waals surface area contributed by atoms with Crippen LogP contribution in [0.2, 0.25) is 0 Å². The Morgan fingerprint density at radius 2 is 2.17 bits per heavy atom. The summed E-state index contributed by atoms with van der Waals surface area (Å²) in [5, 5.41) is 12.8. The van der Waals surface area contributed by atoms with Gasteiger partial charge in [-0.1, -0.05) is 13.8 Å². The first-order chi connectivity index (χ1) is 8.52. The van der Waals surface area contributed by atoms with E-state index in [-0.39, 0.29) is 5.92 Å². The number of ether oxygens (including phenoxy) is 1. The van der Waals surface area contributed by atoms with E-state index in [1.165, 1.54) is 0 Å². The van der Waals surface area contributed by atoms with Gasteiger partial charge in [0.15, 0.2) is 5.82 Å². The van der Waals surface area contributed by atoms with Crippen LogP contribution in [0.4, 0.5) is 11.6 Å². The molecule has 0 amide bonds. The second kappa shape index (κ2) is 7.13. The highest BCUT2D eigenvalue weighted by Crippen LogP contribution is 2.10. The summed E-state index contributed by atoms with van der Waals surface area (Å²) < 4.78 is 5.24. The summed E-state index contributed by atoms with van der Waals surface area (Å²) in [5.41, 5.74) is 5.69. The van der Waals surface area contributed by atoms with Crippen LogP contribution in [0, 0.1) is 5.92 Å². The molecule has 0 bridgehead atoms. The number of aliphatic hydroxyl groups is 1. The maximum absolute atomic E-state index is 9.71. The Kier molecular flexibility index (Phi) is 5.80. The van der Waals surface area contributed by atoms with Gasteiger partial charge in [0.05, 0.1) is 6.10 Å². The summed E-state index contributed by atoms with van der Waals surface area (Å²) in [6.07, 6.45) is -0.420. The molecule has 0 aliphatic rings. The van der Waals surface area contributed by atoms with Crippen molar-refractivity contribution in [2.75, 3.05) is 24.2 Å². The number of aliphatic hydroxyl groups excluding tert-OH is 1. The molecule has 6 nitrogen and oxygen atoms in total. The zero-order chi connectivity index (χ0) is 13.5. The van der Waals surface area contributed by atoms with Crippen LogP contribution in [0.3, 0.4) is 0 Å². The van der Waals surface area contributed by atoms with Crippen molar-refractivity contribution in [1.82, 2.24) is 9.97 Å². The average molecular weight is 254 g/mol. The number of nitrogens with two attached hydrogens (primary N) is 1. The van der Waals surface area contributed by atoms with Crippen LogP contribution in [0.5, 0.6) is 0 Å². The molecule has 0 fully saturated rings. The van der Waals surface area contributed by atoms with Gasteiger partial charge in [-0.3, -0.25) is 0 Å². The molecule has 1 heterocycles. The van der Waals surface area contributed by atoms with E-state index in [0.29, 0.717) is 37.2 Å². The molecule has 6 heteroatoms. The van der Waals surface area contributed by atoms with Crippen molar-refractivity contribution in [3.63, 3.8) is 0 Å². The van der Waals surface area contributed by atoms with Crippen LogP contribution >= 0.6 is 0 Å². The summed E-state index contributed by atoms with van der Waals surface area (Å²) in [4.78, 5) is 8.34. The van der Waals surface area contributed by atoms with Crippen molar-refractivity contribution in [3.8, 4) is 0 Å². The SMILES string of the molecule is CCOCc1nc(N)cc(NCC(O)C(C)C)n1. The molecule has 18 heavy (non-hydrogen) atoms. The summed E-state index contributed by atoms with van der Waals surface area (Å²) in [6, 6.07) is 1.64. The highest BCUT2D eigenvalue weighted by molar-refractivity contribution is 5.44. The van der Waals surface area contributed by atoms with E-state index in [9.17, 15) is 5.11 Å². The summed E-state index contributed by atoms with van der Waals surface area (Å²) >= 11 is 0. The first-order valence-electron chi connectivity index (χ1n) is 6.16. The third-order valence-electron chi connectivity index (χ3n) is 2.49. The fourth-order valence-corrected chi connectivity index (χ4v) is 1.31. The van der Waals surface area contributed by atoms with E-state index in [2.05, 4.69) is 15.3 Å². The summed E-state index contributed by atoms with van der Waals surface area (Å²) in [6.45, 7) is 7.20. The zero-order valence-corrected chi connectivity index (χ0v) is 11.2. The fraction of sp³-hybridized carbons (Fsp3) is 0.667. The molecular formula is C12H22N4O2. The maximum Gasteiger partial charge on any atom is 0.158 e. The Bertz CT molecular complexity index is 371. The standard InChI is InChI=1S/C12H22N4O2/c1-4-18-7-12-15-10(13)5-11(16-12)14-6-9(17)8(2)3/h5,8-9,17H,4,6-7H2,1-3H3,(H3,13,14,15,16). The fourth-order valence-electron chi connectivity index (χ4n) is 1.31. The quantitative estimate of drug-likeness (QED) is 0.673. The molecule has 0 saturated heterocycles. The number of aromatic nitrogens is 2. The highest BCUT2D eigenvalue weighted by atomic mass is 16.5. The highest BCUT2D eigenvalue weighted by Gasteiger charge is 2.09. The second-order valence-corrected chi connectivity index (χ2v) is 4.42. The van der Waals surface area contributed by atoms with Gasteiger partial charge in [0.2, 0.25) is 0 Å². The van der Waals surface area contributed by atoms with Gasteiger partial charge in [-0.2, -0.15) is 0 Å². The van der Waals surface area contributed by atoms with E-state index in [1.54, 1.807) is 6.07 Å². The lowest BCUT2D eigenvalue weighted by Crippen LogP contribution is -2.25. The largest absolute Gasteiger partial charge is 0.391 e. The van der Waals surface area contributed by atoms with E-state index in [1.807, 2.05) is 20.8 Å². The van der Waals surface area contributed by atoms with Gasteiger partial charge in [-0.15, -0.1) is 0 Å². The van der Waals surface area contributed by atoms with Gasteiger partial charge in [-0.05, 0) is 12.8 Å². The molecule has 0 radical (unpaired) electrons. The average Bonchev–Trinajstić information content (AvgIpc) is 2.32. The molecule has 0 aliphatic heterocycles. The third kappa shape index (κ3) is 4.85. The van der Waals surface area contributed by atoms with E-state index in [4.69, 9.17) is 10.5 Å². The molecule has 102 valence electrons. The van der Waals surface area contributed by atoms with Crippen LogP contribution in [0.25, 0.3) is 0 Å². The van der Waals surface area contributed by atoms with Gasteiger partial charge in [0.25, 0.3) is 0 Å². The minimum Gasteiger partial charge on any atom is -0.391 e. The predicted octanol–water partition coefficient (Wildman–Crippen LogP) is 1.02. The maximum atomic E-state index is 9.71. The van der Waals surface area contributed by atoms with Crippen LogP contribution in [0.1, 0.15) is 26.6 Å². The normalized spacial score (nSPS) is 12.7. The second-order valence-electron chi connectivity index (χ2n) is 4.42. The predicted molar refractivity (Wildman–Crippen MR) is 71.1 cm³/mol. The molecule has 0 aromatic carbocycles. The summed E-state index contributed by atoms with van der Waals surface area (Å²) in [5.74, 6) is 1.73. The van der Waals surface area contributed by atoms with E-state index < -0.39 is 6.10 Å². The Labute approximate surface area is 108 Å². The van der Waals surface area contributed by atoms with Gasteiger partial charge in [0, 0.05) is 19.2 Å². The van der Waals surface area contributed by atoms with Crippen LogP contribution in [-0.2, 0) is 11.3 Å². The smallest absolute Gasteiger partial charge is 0.158 e. The van der Waals surface area contributed by atoms with Gasteiger partial charge in [0.1, 0.15) is 18.2 Å². The molecule has 1 aromatic heterocycles. The van der Waals surface area contributed by atoms with Crippen molar-refractivity contribution < 1.29 is 9.84 Å². The van der Waals surface area contributed by atoms with Crippen molar-refractivity contribution in [2.24, 2.45) is 5.92 Å².